The third-order valence-corrected chi connectivity index (χ3v) is 4.49. The van der Waals surface area contributed by atoms with Crippen molar-refractivity contribution in [2.45, 2.75) is 26.0 Å². The standard InChI is InChI=1S/C18H23N3O5/c1-11(2)16-17(23)21(18(24)19-16)9-15(22)20(3)8-12-10-25-13-6-4-5-7-14(13)26-12/h4-7,11-12,16H,8-10H2,1-3H3,(H,19,24)/t12-,16-/m1/s1. The van der Waals surface area contributed by atoms with Crippen LogP contribution in [0.15, 0.2) is 24.3 Å². The van der Waals surface area contributed by atoms with Gasteiger partial charge in [0.1, 0.15) is 19.2 Å². The lowest BCUT2D eigenvalue weighted by Crippen LogP contribution is -2.46. The van der Waals surface area contributed by atoms with Gasteiger partial charge in [0.05, 0.1) is 6.54 Å². The molecule has 8 nitrogen and oxygen atoms in total. The highest BCUT2D eigenvalue weighted by atomic mass is 16.6. The van der Waals surface area contributed by atoms with Gasteiger partial charge in [-0.1, -0.05) is 26.0 Å². The van der Waals surface area contributed by atoms with E-state index in [0.29, 0.717) is 24.7 Å². The van der Waals surface area contributed by atoms with Gasteiger partial charge in [-0.25, -0.2) is 4.79 Å². The van der Waals surface area contributed by atoms with Crippen LogP contribution >= 0.6 is 0 Å². The number of fused-ring (bicyclic) bond motifs is 1. The fourth-order valence-corrected chi connectivity index (χ4v) is 2.96. The first-order valence-corrected chi connectivity index (χ1v) is 8.61. The number of para-hydroxylation sites is 2. The highest BCUT2D eigenvalue weighted by molar-refractivity contribution is 6.06. The molecular weight excluding hydrogens is 338 g/mol. The maximum atomic E-state index is 12.4. The van der Waals surface area contributed by atoms with E-state index in [1.807, 2.05) is 38.1 Å². The van der Waals surface area contributed by atoms with Gasteiger partial charge >= 0.3 is 6.03 Å². The normalized spacial score (nSPS) is 21.8. The Morgan fingerprint density at radius 3 is 2.65 bits per heavy atom. The lowest BCUT2D eigenvalue weighted by atomic mass is 10.1. The summed E-state index contributed by atoms with van der Waals surface area (Å²) in [5.74, 6) is 0.589. The minimum Gasteiger partial charge on any atom is -0.486 e. The van der Waals surface area contributed by atoms with Gasteiger partial charge in [0, 0.05) is 7.05 Å². The predicted molar refractivity (Wildman–Crippen MR) is 92.9 cm³/mol. The number of urea groups is 1. The van der Waals surface area contributed by atoms with Crippen molar-refractivity contribution < 1.29 is 23.9 Å². The first-order valence-electron chi connectivity index (χ1n) is 8.61. The minimum absolute atomic E-state index is 0.0304. The molecule has 1 fully saturated rings. The highest BCUT2D eigenvalue weighted by Gasteiger charge is 2.40. The maximum absolute atomic E-state index is 12.4. The molecule has 2 atom stereocenters. The molecular formula is C18H23N3O5. The number of carbonyl (C=O) groups excluding carboxylic acids is 3. The Hall–Kier alpha value is -2.77. The van der Waals surface area contributed by atoms with Crippen molar-refractivity contribution >= 4 is 17.8 Å². The number of nitrogens with zero attached hydrogens (tertiary/aromatic N) is 2. The van der Waals surface area contributed by atoms with Crippen molar-refractivity contribution in [3.63, 3.8) is 0 Å². The first-order chi connectivity index (χ1) is 12.4. The molecule has 0 spiro atoms. The van der Waals surface area contributed by atoms with Crippen LogP contribution in [-0.4, -0.2) is 66.5 Å². The molecule has 0 saturated carbocycles. The summed E-state index contributed by atoms with van der Waals surface area (Å²) in [7, 11) is 1.62. The second-order valence-corrected chi connectivity index (χ2v) is 6.87. The summed E-state index contributed by atoms with van der Waals surface area (Å²) in [5.41, 5.74) is 0. The Bertz CT molecular complexity index is 721. The Morgan fingerprint density at radius 1 is 1.31 bits per heavy atom. The zero-order chi connectivity index (χ0) is 18.8. The molecule has 0 radical (unpaired) electrons. The van der Waals surface area contributed by atoms with E-state index < -0.39 is 12.1 Å². The fourth-order valence-electron chi connectivity index (χ4n) is 2.96. The molecule has 1 aromatic rings. The van der Waals surface area contributed by atoms with E-state index in [-0.39, 0.29) is 30.4 Å². The van der Waals surface area contributed by atoms with E-state index in [4.69, 9.17) is 9.47 Å². The number of carbonyl (C=O) groups is 3. The second kappa shape index (κ2) is 7.23. The fraction of sp³-hybridized carbons (Fsp3) is 0.500. The Morgan fingerprint density at radius 2 is 2.00 bits per heavy atom. The number of nitrogens with one attached hydrogen (secondary N) is 1. The smallest absolute Gasteiger partial charge is 0.325 e. The van der Waals surface area contributed by atoms with Gasteiger partial charge in [0.15, 0.2) is 17.6 Å². The number of benzene rings is 1. The van der Waals surface area contributed by atoms with E-state index in [9.17, 15) is 14.4 Å². The number of amides is 4. The Balaban J connectivity index is 1.56. The molecule has 1 aromatic carbocycles. The lowest BCUT2D eigenvalue weighted by Gasteiger charge is -2.30. The summed E-state index contributed by atoms with van der Waals surface area (Å²) < 4.78 is 11.5. The van der Waals surface area contributed by atoms with Crippen LogP contribution in [0.3, 0.4) is 0 Å². The highest BCUT2D eigenvalue weighted by Crippen LogP contribution is 2.30. The number of ether oxygens (including phenoxy) is 2. The Kier molecular flexibility index (Phi) is 5.01. The van der Waals surface area contributed by atoms with E-state index in [1.165, 1.54) is 4.90 Å². The van der Waals surface area contributed by atoms with Crippen LogP contribution in [0.25, 0.3) is 0 Å². The number of likely N-dealkylation sites (N-methyl/N-ethyl adjacent to an activating group) is 1. The van der Waals surface area contributed by atoms with Crippen molar-refractivity contribution in [1.82, 2.24) is 15.1 Å². The molecule has 1 N–H and O–H groups in total. The summed E-state index contributed by atoms with van der Waals surface area (Å²) in [6.45, 7) is 4.03. The predicted octanol–water partition coefficient (Wildman–Crippen LogP) is 0.861. The first kappa shape index (κ1) is 18.0. The van der Waals surface area contributed by atoms with Crippen LogP contribution in [0.1, 0.15) is 13.8 Å². The van der Waals surface area contributed by atoms with E-state index in [2.05, 4.69) is 5.32 Å². The van der Waals surface area contributed by atoms with Crippen LogP contribution in [0, 0.1) is 5.92 Å². The molecule has 0 aromatic heterocycles. The molecule has 0 aliphatic carbocycles. The van der Waals surface area contributed by atoms with E-state index in [1.54, 1.807) is 7.05 Å². The number of imide groups is 1. The summed E-state index contributed by atoms with van der Waals surface area (Å²) in [6, 6.07) is 6.24. The molecule has 140 valence electrons. The van der Waals surface area contributed by atoms with Crippen molar-refractivity contribution in [2.75, 3.05) is 26.7 Å². The molecule has 2 heterocycles. The summed E-state index contributed by atoms with van der Waals surface area (Å²) >= 11 is 0. The van der Waals surface area contributed by atoms with E-state index in [0.717, 1.165) is 4.90 Å². The zero-order valence-corrected chi connectivity index (χ0v) is 15.1. The average Bonchev–Trinajstić information content (AvgIpc) is 2.90. The van der Waals surface area contributed by atoms with Crippen LogP contribution in [-0.2, 0) is 9.59 Å². The summed E-state index contributed by atoms with van der Waals surface area (Å²) in [5, 5.41) is 2.61. The van der Waals surface area contributed by atoms with Crippen molar-refractivity contribution in [2.24, 2.45) is 5.92 Å². The SMILES string of the molecule is CC(C)[C@H]1NC(=O)N(CC(=O)N(C)C[C@@H]2COc3ccccc3O2)C1=O. The maximum Gasteiger partial charge on any atom is 0.325 e. The molecule has 0 bridgehead atoms. The zero-order valence-electron chi connectivity index (χ0n) is 15.1. The topological polar surface area (TPSA) is 88.2 Å². The molecule has 2 aliphatic rings. The monoisotopic (exact) mass is 361 g/mol. The second-order valence-electron chi connectivity index (χ2n) is 6.87. The van der Waals surface area contributed by atoms with Gasteiger partial charge in [0.25, 0.3) is 5.91 Å². The molecule has 26 heavy (non-hydrogen) atoms. The van der Waals surface area contributed by atoms with Gasteiger partial charge in [0.2, 0.25) is 5.91 Å². The van der Waals surface area contributed by atoms with Crippen molar-refractivity contribution in [1.29, 1.82) is 0 Å². The number of rotatable bonds is 5. The summed E-state index contributed by atoms with van der Waals surface area (Å²) in [4.78, 5) is 39.1. The minimum atomic E-state index is -0.577. The van der Waals surface area contributed by atoms with Crippen LogP contribution in [0.2, 0.25) is 0 Å². The molecule has 8 heteroatoms. The molecule has 3 rings (SSSR count). The third kappa shape index (κ3) is 3.58. The molecule has 1 saturated heterocycles. The lowest BCUT2D eigenvalue weighted by molar-refractivity contribution is -0.137. The average molecular weight is 361 g/mol. The number of hydrogen-bond acceptors (Lipinski definition) is 5. The van der Waals surface area contributed by atoms with Crippen LogP contribution in [0.5, 0.6) is 11.5 Å². The van der Waals surface area contributed by atoms with Gasteiger partial charge < -0.3 is 19.7 Å². The third-order valence-electron chi connectivity index (χ3n) is 4.49. The largest absolute Gasteiger partial charge is 0.486 e. The van der Waals surface area contributed by atoms with Crippen molar-refractivity contribution in [3.05, 3.63) is 24.3 Å². The van der Waals surface area contributed by atoms with Crippen LogP contribution < -0.4 is 14.8 Å². The molecule has 0 unspecified atom stereocenters. The molecule has 4 amide bonds. The summed E-state index contributed by atoms with van der Waals surface area (Å²) in [6.07, 6.45) is -0.314. The van der Waals surface area contributed by atoms with Gasteiger partial charge in [-0.2, -0.15) is 0 Å². The molecule has 2 aliphatic heterocycles. The quantitative estimate of drug-likeness (QED) is 0.786. The van der Waals surface area contributed by atoms with Crippen molar-refractivity contribution in [3.8, 4) is 11.5 Å². The van der Waals surface area contributed by atoms with Gasteiger partial charge in [-0.3, -0.25) is 14.5 Å². The Labute approximate surface area is 152 Å². The van der Waals surface area contributed by atoms with Gasteiger partial charge in [-0.05, 0) is 18.1 Å². The number of hydrogen-bond donors (Lipinski definition) is 1. The van der Waals surface area contributed by atoms with Gasteiger partial charge in [-0.15, -0.1) is 0 Å². The van der Waals surface area contributed by atoms with Crippen LogP contribution in [0.4, 0.5) is 4.79 Å². The van der Waals surface area contributed by atoms with E-state index >= 15 is 0 Å².